The largest absolute Gasteiger partial charge is 0.474 e. The topological polar surface area (TPSA) is 62.7 Å². The van der Waals surface area contributed by atoms with E-state index in [9.17, 15) is 23.1 Å². The van der Waals surface area contributed by atoms with E-state index in [0.717, 1.165) is 38.8 Å². The van der Waals surface area contributed by atoms with Gasteiger partial charge < -0.3 is 14.7 Å². The molecule has 0 bridgehead atoms. The number of carbonyl (C=O) groups is 1. The number of rotatable bonds is 3. The van der Waals surface area contributed by atoms with Gasteiger partial charge in [-0.2, -0.15) is 13.2 Å². The Morgan fingerprint density at radius 2 is 1.83 bits per heavy atom. The molecule has 30 heavy (non-hydrogen) atoms. The molecular weight excluding hydrogens is 397 g/mol. The van der Waals surface area contributed by atoms with E-state index in [4.69, 9.17) is 4.74 Å². The maximum Gasteiger partial charge on any atom is 0.418 e. The highest BCUT2D eigenvalue weighted by Crippen LogP contribution is 2.47. The Labute approximate surface area is 174 Å². The number of likely N-dealkylation sites (tertiary alicyclic amines) is 1. The van der Waals surface area contributed by atoms with Crippen molar-refractivity contribution >= 4 is 5.91 Å². The van der Waals surface area contributed by atoms with E-state index < -0.39 is 17.3 Å². The summed E-state index contributed by atoms with van der Waals surface area (Å²) in [6, 6.07) is 1.37. The van der Waals surface area contributed by atoms with Crippen LogP contribution in [0.15, 0.2) is 6.07 Å². The number of alkyl halides is 3. The maximum atomic E-state index is 13.1. The zero-order valence-electron chi connectivity index (χ0n) is 17.7. The average molecular weight is 426 g/mol. The number of nitrogens with zero attached hydrogens (tertiary/aromatic N) is 2. The van der Waals surface area contributed by atoms with E-state index in [1.54, 1.807) is 6.92 Å². The molecule has 1 aromatic rings. The normalized spacial score (nSPS) is 28.8. The highest BCUT2D eigenvalue weighted by atomic mass is 19.4. The molecule has 0 atom stereocenters. The number of carbonyl (C=O) groups excluding carboxylic acids is 1. The molecule has 0 unspecified atom stereocenters. The zero-order valence-corrected chi connectivity index (χ0v) is 17.7. The Kier molecular flexibility index (Phi) is 5.07. The van der Waals surface area contributed by atoms with Crippen LogP contribution in [-0.2, 0) is 11.0 Å². The van der Waals surface area contributed by atoms with E-state index in [1.165, 1.54) is 19.9 Å². The molecule has 1 spiro atoms. The van der Waals surface area contributed by atoms with Crippen molar-refractivity contribution in [2.45, 2.75) is 77.2 Å². The molecule has 1 aliphatic heterocycles. The van der Waals surface area contributed by atoms with Crippen molar-refractivity contribution in [3.05, 3.63) is 22.9 Å². The van der Waals surface area contributed by atoms with Crippen LogP contribution < -0.4 is 4.74 Å². The van der Waals surface area contributed by atoms with Crippen LogP contribution in [-0.4, -0.2) is 45.7 Å². The van der Waals surface area contributed by atoms with E-state index >= 15 is 0 Å². The van der Waals surface area contributed by atoms with Gasteiger partial charge >= 0.3 is 6.18 Å². The second-order valence-corrected chi connectivity index (χ2v) is 9.85. The number of amides is 1. The molecule has 4 rings (SSSR count). The average Bonchev–Trinajstić information content (AvgIpc) is 2.56. The van der Waals surface area contributed by atoms with Gasteiger partial charge in [0, 0.05) is 30.5 Å². The van der Waals surface area contributed by atoms with Crippen LogP contribution in [0.3, 0.4) is 0 Å². The lowest BCUT2D eigenvalue weighted by atomic mass is 9.66. The first-order valence-electron chi connectivity index (χ1n) is 10.6. The summed E-state index contributed by atoms with van der Waals surface area (Å²) in [7, 11) is 0. The Morgan fingerprint density at radius 3 is 2.33 bits per heavy atom. The molecule has 2 aliphatic carbocycles. The molecule has 3 aliphatic rings. The summed E-state index contributed by atoms with van der Waals surface area (Å²) in [5.74, 6) is 0.362. The molecule has 5 nitrogen and oxygen atoms in total. The number of pyridine rings is 1. The van der Waals surface area contributed by atoms with E-state index in [-0.39, 0.29) is 40.5 Å². The number of ether oxygens (including phenoxy) is 1. The first-order chi connectivity index (χ1) is 13.9. The number of hydrogen-bond acceptors (Lipinski definition) is 4. The third-order valence-corrected chi connectivity index (χ3v) is 7.02. The standard InChI is InChI=1S/C22H29F3N2O3/c1-13-8-17(26-14(2)18(13)22(23,24)25)30-16-4-6-21(7-5-16)11-27(12-21)19(28)15-9-20(3,29)10-15/h8,15-16,29H,4-7,9-12H2,1-3H3. The summed E-state index contributed by atoms with van der Waals surface area (Å²) < 4.78 is 45.3. The van der Waals surface area contributed by atoms with Crippen molar-refractivity contribution in [2.75, 3.05) is 13.1 Å². The summed E-state index contributed by atoms with van der Waals surface area (Å²) in [6.07, 6.45) is 0.0890. The fourth-order valence-corrected chi connectivity index (χ4v) is 5.45. The lowest BCUT2D eigenvalue weighted by Crippen LogP contribution is -2.63. The van der Waals surface area contributed by atoms with Crippen LogP contribution >= 0.6 is 0 Å². The minimum absolute atomic E-state index is 0.0470. The number of halogens is 3. The van der Waals surface area contributed by atoms with Crippen LogP contribution in [0.1, 0.15) is 62.3 Å². The van der Waals surface area contributed by atoms with Crippen molar-refractivity contribution in [3.8, 4) is 5.88 Å². The maximum absolute atomic E-state index is 13.1. The van der Waals surface area contributed by atoms with E-state index in [2.05, 4.69) is 4.98 Å². The Morgan fingerprint density at radius 1 is 1.23 bits per heavy atom. The molecule has 2 heterocycles. The van der Waals surface area contributed by atoms with Crippen molar-refractivity contribution in [3.63, 3.8) is 0 Å². The van der Waals surface area contributed by atoms with Crippen molar-refractivity contribution in [1.29, 1.82) is 0 Å². The lowest BCUT2D eigenvalue weighted by molar-refractivity contribution is -0.164. The number of aryl methyl sites for hydroxylation is 2. The van der Waals surface area contributed by atoms with E-state index in [0.29, 0.717) is 12.8 Å². The van der Waals surface area contributed by atoms with Gasteiger partial charge in [0.15, 0.2) is 0 Å². The smallest absolute Gasteiger partial charge is 0.418 e. The number of aliphatic hydroxyl groups is 1. The third-order valence-electron chi connectivity index (χ3n) is 7.02. The van der Waals surface area contributed by atoms with Crippen LogP contribution in [0, 0.1) is 25.2 Å². The quantitative estimate of drug-likeness (QED) is 0.793. The van der Waals surface area contributed by atoms with Crippen LogP contribution in [0.4, 0.5) is 13.2 Å². The SMILES string of the molecule is Cc1cc(OC2CCC3(CC2)CN(C(=O)C2CC(C)(O)C2)C3)nc(C)c1C(F)(F)F. The summed E-state index contributed by atoms with van der Waals surface area (Å²) in [6.45, 7) is 6.08. The molecule has 0 aromatic carbocycles. The summed E-state index contributed by atoms with van der Waals surface area (Å²) >= 11 is 0. The predicted molar refractivity (Wildman–Crippen MR) is 104 cm³/mol. The molecule has 166 valence electrons. The van der Waals surface area contributed by atoms with Gasteiger partial charge in [0.25, 0.3) is 0 Å². The Bertz CT molecular complexity index is 806. The zero-order chi connectivity index (χ0) is 21.9. The third kappa shape index (κ3) is 4.03. The van der Waals surface area contributed by atoms with Crippen molar-refractivity contribution in [1.82, 2.24) is 9.88 Å². The number of hydrogen-bond donors (Lipinski definition) is 1. The molecule has 1 N–H and O–H groups in total. The molecule has 1 amide bonds. The Hall–Kier alpha value is -1.83. The molecule has 1 saturated heterocycles. The highest BCUT2D eigenvalue weighted by molar-refractivity contribution is 5.81. The van der Waals surface area contributed by atoms with Gasteiger partial charge in [0.1, 0.15) is 6.10 Å². The first kappa shape index (κ1) is 21.4. The van der Waals surface area contributed by atoms with Crippen molar-refractivity contribution in [2.24, 2.45) is 11.3 Å². The van der Waals surface area contributed by atoms with Gasteiger partial charge in [0.2, 0.25) is 11.8 Å². The van der Waals surface area contributed by atoms with Gasteiger partial charge in [0.05, 0.1) is 16.9 Å². The van der Waals surface area contributed by atoms with Crippen LogP contribution in [0.25, 0.3) is 0 Å². The van der Waals surface area contributed by atoms with Gasteiger partial charge in [-0.15, -0.1) is 0 Å². The minimum atomic E-state index is -4.42. The van der Waals surface area contributed by atoms with Gasteiger partial charge in [-0.25, -0.2) is 4.98 Å². The van der Waals surface area contributed by atoms with Gasteiger partial charge in [-0.3, -0.25) is 4.79 Å². The molecule has 3 fully saturated rings. The number of aromatic nitrogens is 1. The predicted octanol–water partition coefficient (Wildman–Crippen LogP) is 4.03. The fourth-order valence-electron chi connectivity index (χ4n) is 5.45. The summed E-state index contributed by atoms with van der Waals surface area (Å²) in [4.78, 5) is 18.4. The minimum Gasteiger partial charge on any atom is -0.474 e. The fraction of sp³-hybridized carbons (Fsp3) is 0.727. The van der Waals surface area contributed by atoms with E-state index in [1.807, 2.05) is 4.90 Å². The lowest BCUT2D eigenvalue weighted by Gasteiger charge is -2.55. The molecule has 0 radical (unpaired) electrons. The Balaban J connectivity index is 1.28. The molecule has 2 saturated carbocycles. The molecular formula is C22H29F3N2O3. The summed E-state index contributed by atoms with van der Waals surface area (Å²) in [5, 5.41) is 9.84. The summed E-state index contributed by atoms with van der Waals surface area (Å²) in [5.41, 5.74) is -1.18. The monoisotopic (exact) mass is 426 g/mol. The van der Waals surface area contributed by atoms with Gasteiger partial charge in [-0.1, -0.05) is 0 Å². The van der Waals surface area contributed by atoms with Crippen molar-refractivity contribution < 1.29 is 27.8 Å². The second kappa shape index (κ2) is 7.11. The second-order valence-electron chi connectivity index (χ2n) is 9.85. The van der Waals surface area contributed by atoms with Gasteiger partial charge in [-0.05, 0) is 64.9 Å². The first-order valence-corrected chi connectivity index (χ1v) is 10.6. The van der Waals surface area contributed by atoms with Crippen LogP contribution in [0.5, 0.6) is 5.88 Å². The highest BCUT2D eigenvalue weighted by Gasteiger charge is 2.51. The molecule has 8 heteroatoms. The van der Waals surface area contributed by atoms with Crippen LogP contribution in [0.2, 0.25) is 0 Å². The molecule has 1 aromatic heterocycles.